The molecule has 40 heavy (non-hydrogen) atoms. The first kappa shape index (κ1) is 32.5. The number of nitrogens with one attached hydrogen (secondary N) is 1. The Morgan fingerprint density at radius 1 is 0.975 bits per heavy atom. The summed E-state index contributed by atoms with van der Waals surface area (Å²) in [5.41, 5.74) is 2.02. The molecule has 2 aromatic carbocycles. The van der Waals surface area contributed by atoms with Crippen molar-refractivity contribution in [3.8, 4) is 0 Å². The highest BCUT2D eigenvalue weighted by Crippen LogP contribution is 2.19. The van der Waals surface area contributed by atoms with Gasteiger partial charge in [-0.1, -0.05) is 72.8 Å². The molecule has 2 aromatic rings. The number of allylic oxidation sites excluding steroid dienone is 2. The minimum absolute atomic E-state index is 0.0126. The summed E-state index contributed by atoms with van der Waals surface area (Å²) in [5.74, 6) is -1.70. The molecule has 0 radical (unpaired) electrons. The lowest BCUT2D eigenvalue weighted by atomic mass is 9.94. The lowest BCUT2D eigenvalue weighted by molar-refractivity contribution is -0.153. The van der Waals surface area contributed by atoms with E-state index in [2.05, 4.69) is 18.5 Å². The van der Waals surface area contributed by atoms with Gasteiger partial charge in [0.15, 0.2) is 0 Å². The normalized spacial score (nSPS) is 12.9. The molecule has 2 rings (SSSR count). The largest absolute Gasteiger partial charge is 0.461 e. The standard InChI is InChI=1S/C33H44N2O5/c1-4-6-9-19-30(22-27-15-10-7-11-16-27)33(39)40-26(3)24-34-32(38)29(14-5-2)23-31(37)35(20-21-36)25-28-17-12-8-13-18-28/h4-5,7-8,10-13,15-18,26,29-30,36H,1-2,6,9,14,19-25H2,3H3,(H,34,38)/t26-,29+,30+/m0/s1. The van der Waals surface area contributed by atoms with E-state index in [1.807, 2.05) is 66.7 Å². The zero-order valence-corrected chi connectivity index (χ0v) is 23.7. The first-order chi connectivity index (χ1) is 19.4. The van der Waals surface area contributed by atoms with Gasteiger partial charge in [-0.2, -0.15) is 0 Å². The monoisotopic (exact) mass is 548 g/mol. The Hall–Kier alpha value is -3.71. The molecule has 2 N–H and O–H groups in total. The molecule has 0 aromatic heterocycles. The van der Waals surface area contributed by atoms with Gasteiger partial charge >= 0.3 is 5.97 Å². The molecule has 0 unspecified atom stereocenters. The molecule has 216 valence electrons. The Kier molecular flexibility index (Phi) is 15.1. The number of benzene rings is 2. The molecule has 0 bridgehead atoms. The van der Waals surface area contributed by atoms with Crippen LogP contribution in [-0.2, 0) is 32.1 Å². The highest BCUT2D eigenvalue weighted by molar-refractivity contribution is 5.86. The number of rotatable bonds is 19. The summed E-state index contributed by atoms with van der Waals surface area (Å²) in [6.07, 6.45) is 6.20. The van der Waals surface area contributed by atoms with Gasteiger partial charge in [-0.05, 0) is 50.2 Å². The van der Waals surface area contributed by atoms with Gasteiger partial charge in [0.05, 0.1) is 25.0 Å². The lowest BCUT2D eigenvalue weighted by Gasteiger charge is -2.25. The Labute approximate surface area is 238 Å². The SMILES string of the molecule is C=CCCC[C@H](Cc1ccccc1)C(=O)O[C@@H](C)CNC(=O)[C@H](CC=C)CC(=O)N(CCO)Cc1ccccc1. The van der Waals surface area contributed by atoms with Crippen molar-refractivity contribution in [3.63, 3.8) is 0 Å². The van der Waals surface area contributed by atoms with Gasteiger partial charge in [0, 0.05) is 19.5 Å². The molecule has 0 fully saturated rings. The van der Waals surface area contributed by atoms with Crippen LogP contribution in [0.15, 0.2) is 86.0 Å². The number of carbonyl (C=O) groups is 3. The molecule has 0 aliphatic rings. The zero-order valence-electron chi connectivity index (χ0n) is 23.7. The predicted octanol–water partition coefficient (Wildman–Crippen LogP) is 4.85. The van der Waals surface area contributed by atoms with Gasteiger partial charge in [0.25, 0.3) is 0 Å². The second kappa shape index (κ2) is 18.6. The molecular weight excluding hydrogens is 504 g/mol. The van der Waals surface area contributed by atoms with Crippen molar-refractivity contribution in [1.82, 2.24) is 10.2 Å². The van der Waals surface area contributed by atoms with Crippen LogP contribution in [-0.4, -0.2) is 53.6 Å². The van der Waals surface area contributed by atoms with Crippen molar-refractivity contribution in [3.05, 3.63) is 97.1 Å². The van der Waals surface area contributed by atoms with Crippen molar-refractivity contribution < 1.29 is 24.2 Å². The second-order valence-corrected chi connectivity index (χ2v) is 10.0. The number of esters is 1. The third kappa shape index (κ3) is 12.0. The third-order valence-electron chi connectivity index (χ3n) is 6.68. The van der Waals surface area contributed by atoms with Crippen molar-refractivity contribution in [2.75, 3.05) is 19.7 Å². The predicted molar refractivity (Wildman–Crippen MR) is 158 cm³/mol. The van der Waals surface area contributed by atoms with Crippen LogP contribution in [0.1, 0.15) is 50.2 Å². The van der Waals surface area contributed by atoms with Gasteiger partial charge < -0.3 is 20.1 Å². The van der Waals surface area contributed by atoms with Crippen LogP contribution in [0.4, 0.5) is 0 Å². The molecule has 0 heterocycles. The van der Waals surface area contributed by atoms with Crippen molar-refractivity contribution >= 4 is 17.8 Å². The van der Waals surface area contributed by atoms with Crippen LogP contribution in [0.3, 0.4) is 0 Å². The number of hydrogen-bond donors (Lipinski definition) is 2. The maximum atomic E-state index is 13.1. The summed E-state index contributed by atoms with van der Waals surface area (Å²) in [6, 6.07) is 19.4. The van der Waals surface area contributed by atoms with E-state index < -0.39 is 12.0 Å². The van der Waals surface area contributed by atoms with Crippen molar-refractivity contribution in [2.24, 2.45) is 11.8 Å². The number of ether oxygens (including phenoxy) is 1. The van der Waals surface area contributed by atoms with Crippen LogP contribution in [0, 0.1) is 11.8 Å². The van der Waals surface area contributed by atoms with Crippen LogP contribution >= 0.6 is 0 Å². The summed E-state index contributed by atoms with van der Waals surface area (Å²) in [6.45, 7) is 9.75. The quantitative estimate of drug-likeness (QED) is 0.149. The van der Waals surface area contributed by atoms with Crippen LogP contribution in [0.2, 0.25) is 0 Å². The number of amides is 2. The summed E-state index contributed by atoms with van der Waals surface area (Å²) in [5, 5.41) is 12.3. The van der Waals surface area contributed by atoms with E-state index in [0.29, 0.717) is 25.8 Å². The van der Waals surface area contributed by atoms with E-state index >= 15 is 0 Å². The number of aliphatic hydroxyl groups is 1. The molecule has 0 spiro atoms. The molecule has 0 saturated carbocycles. The number of hydrogen-bond acceptors (Lipinski definition) is 5. The minimum Gasteiger partial charge on any atom is -0.461 e. The summed E-state index contributed by atoms with van der Waals surface area (Å²) >= 11 is 0. The van der Waals surface area contributed by atoms with E-state index in [0.717, 1.165) is 24.0 Å². The fraction of sp³-hybridized carbons (Fsp3) is 0.424. The summed E-state index contributed by atoms with van der Waals surface area (Å²) in [4.78, 5) is 40.7. The molecule has 0 aliphatic heterocycles. The molecule has 3 atom stereocenters. The molecule has 7 nitrogen and oxygen atoms in total. The lowest BCUT2D eigenvalue weighted by Crippen LogP contribution is -2.40. The van der Waals surface area contributed by atoms with Crippen LogP contribution in [0.5, 0.6) is 0 Å². The zero-order chi connectivity index (χ0) is 29.2. The topological polar surface area (TPSA) is 95.9 Å². The first-order valence-corrected chi connectivity index (χ1v) is 14.0. The van der Waals surface area contributed by atoms with Crippen LogP contribution in [0.25, 0.3) is 0 Å². The van der Waals surface area contributed by atoms with E-state index in [1.54, 1.807) is 17.9 Å². The number of carbonyl (C=O) groups excluding carboxylic acids is 3. The molecule has 0 saturated heterocycles. The van der Waals surface area contributed by atoms with E-state index in [9.17, 15) is 19.5 Å². The number of aliphatic hydroxyl groups excluding tert-OH is 1. The Morgan fingerprint density at radius 3 is 2.23 bits per heavy atom. The third-order valence-corrected chi connectivity index (χ3v) is 6.68. The van der Waals surface area contributed by atoms with Crippen LogP contribution < -0.4 is 5.32 Å². The summed E-state index contributed by atoms with van der Waals surface area (Å²) < 4.78 is 5.72. The maximum absolute atomic E-state index is 13.1. The first-order valence-electron chi connectivity index (χ1n) is 14.0. The van der Waals surface area contributed by atoms with Gasteiger partial charge in [0.2, 0.25) is 11.8 Å². The van der Waals surface area contributed by atoms with Crippen molar-refractivity contribution in [2.45, 2.75) is 58.1 Å². The van der Waals surface area contributed by atoms with Gasteiger partial charge in [-0.3, -0.25) is 14.4 Å². The van der Waals surface area contributed by atoms with Crippen molar-refractivity contribution in [1.29, 1.82) is 0 Å². The Bertz CT molecular complexity index is 1060. The van der Waals surface area contributed by atoms with Gasteiger partial charge in [-0.25, -0.2) is 0 Å². The maximum Gasteiger partial charge on any atom is 0.309 e. The van der Waals surface area contributed by atoms with Gasteiger partial charge in [0.1, 0.15) is 6.10 Å². The molecular formula is C33H44N2O5. The molecule has 0 aliphatic carbocycles. The average Bonchev–Trinajstić information content (AvgIpc) is 2.96. The minimum atomic E-state index is -0.616. The van der Waals surface area contributed by atoms with E-state index in [-0.39, 0.29) is 49.8 Å². The Balaban J connectivity index is 1.93. The van der Waals surface area contributed by atoms with E-state index in [1.165, 1.54) is 0 Å². The molecule has 2 amide bonds. The number of nitrogens with zero attached hydrogens (tertiary/aromatic N) is 1. The highest BCUT2D eigenvalue weighted by atomic mass is 16.5. The van der Waals surface area contributed by atoms with Gasteiger partial charge in [-0.15, -0.1) is 13.2 Å². The van der Waals surface area contributed by atoms with E-state index in [4.69, 9.17) is 4.74 Å². The number of unbranched alkanes of at least 4 members (excludes halogenated alkanes) is 1. The molecule has 7 heteroatoms. The Morgan fingerprint density at radius 2 is 1.62 bits per heavy atom. The fourth-order valence-electron chi connectivity index (χ4n) is 4.48. The highest BCUT2D eigenvalue weighted by Gasteiger charge is 2.26. The average molecular weight is 549 g/mol. The summed E-state index contributed by atoms with van der Waals surface area (Å²) in [7, 11) is 0. The fourth-order valence-corrected chi connectivity index (χ4v) is 4.48. The smallest absolute Gasteiger partial charge is 0.309 e. The second-order valence-electron chi connectivity index (χ2n) is 10.0.